The third-order valence-electron chi connectivity index (χ3n) is 2.81. The van der Waals surface area contributed by atoms with E-state index in [0.29, 0.717) is 0 Å². The van der Waals surface area contributed by atoms with Gasteiger partial charge in [-0.2, -0.15) is 0 Å². The van der Waals surface area contributed by atoms with Crippen LogP contribution < -0.4 is 10.0 Å². The minimum absolute atomic E-state index is 0.0295. The monoisotopic (exact) mass is 331 g/mol. The number of amides is 1. The zero-order chi connectivity index (χ0) is 17.0. The van der Waals surface area contributed by atoms with Gasteiger partial charge in [-0.1, -0.05) is 26.0 Å². The number of nitro groups is 1. The summed E-state index contributed by atoms with van der Waals surface area (Å²) in [5.74, 6) is 0. The summed E-state index contributed by atoms with van der Waals surface area (Å²) in [5, 5.41) is 21.6. The Balaban J connectivity index is 2.89. The molecule has 0 spiro atoms. The van der Waals surface area contributed by atoms with Crippen LogP contribution in [0.3, 0.4) is 0 Å². The first-order valence-electron chi connectivity index (χ1n) is 6.25. The van der Waals surface area contributed by atoms with Gasteiger partial charge in [-0.3, -0.25) is 10.1 Å². The van der Waals surface area contributed by atoms with Gasteiger partial charge in [0.25, 0.3) is 5.69 Å². The molecule has 122 valence electrons. The van der Waals surface area contributed by atoms with Gasteiger partial charge in [0.15, 0.2) is 4.90 Å². The molecular formula is C12H17N3O6S. The first-order valence-corrected chi connectivity index (χ1v) is 7.73. The van der Waals surface area contributed by atoms with Crippen molar-refractivity contribution in [3.63, 3.8) is 0 Å². The van der Waals surface area contributed by atoms with Crippen molar-refractivity contribution in [1.82, 2.24) is 10.0 Å². The van der Waals surface area contributed by atoms with E-state index in [-0.39, 0.29) is 13.1 Å². The predicted octanol–water partition coefficient (Wildman–Crippen LogP) is 1.17. The fourth-order valence-corrected chi connectivity index (χ4v) is 2.99. The van der Waals surface area contributed by atoms with Gasteiger partial charge in [0.2, 0.25) is 10.0 Å². The van der Waals surface area contributed by atoms with Gasteiger partial charge in [-0.05, 0) is 11.5 Å². The normalized spacial score (nSPS) is 11.9. The third kappa shape index (κ3) is 4.97. The molecule has 0 saturated heterocycles. The van der Waals surface area contributed by atoms with Crippen LogP contribution in [-0.2, 0) is 10.0 Å². The Morgan fingerprint density at radius 1 is 1.32 bits per heavy atom. The van der Waals surface area contributed by atoms with E-state index in [4.69, 9.17) is 5.11 Å². The first kappa shape index (κ1) is 17.9. The molecule has 3 N–H and O–H groups in total. The van der Waals surface area contributed by atoms with E-state index in [0.717, 1.165) is 12.1 Å². The van der Waals surface area contributed by atoms with E-state index in [1.165, 1.54) is 12.1 Å². The SMILES string of the molecule is CC(C)(CNC(=O)O)CNS(=O)(=O)c1ccccc1[N+](=O)[O-]. The average molecular weight is 331 g/mol. The van der Waals surface area contributed by atoms with Crippen molar-refractivity contribution in [3.8, 4) is 0 Å². The van der Waals surface area contributed by atoms with Crippen LogP contribution in [0.4, 0.5) is 10.5 Å². The topological polar surface area (TPSA) is 139 Å². The maximum Gasteiger partial charge on any atom is 0.404 e. The third-order valence-corrected chi connectivity index (χ3v) is 4.26. The number of nitrogens with zero attached hydrogens (tertiary/aromatic N) is 1. The number of hydrogen-bond acceptors (Lipinski definition) is 5. The molecule has 1 amide bonds. The standard InChI is InChI=1S/C12H17N3O6S/c1-12(2,7-13-11(16)17)8-14-22(20,21)10-6-4-3-5-9(10)15(18)19/h3-6,13-14H,7-8H2,1-2H3,(H,16,17). The van der Waals surface area contributed by atoms with Crippen molar-refractivity contribution in [2.75, 3.05) is 13.1 Å². The zero-order valence-electron chi connectivity index (χ0n) is 12.1. The summed E-state index contributed by atoms with van der Waals surface area (Å²) in [4.78, 5) is 20.1. The number of nitrogens with one attached hydrogen (secondary N) is 2. The number of para-hydroxylation sites is 1. The summed E-state index contributed by atoms with van der Waals surface area (Å²) in [6, 6.07) is 5.01. The molecule has 0 saturated carbocycles. The summed E-state index contributed by atoms with van der Waals surface area (Å²) < 4.78 is 26.6. The molecule has 10 heteroatoms. The summed E-state index contributed by atoms with van der Waals surface area (Å²) >= 11 is 0. The molecule has 0 bridgehead atoms. The Morgan fingerprint density at radius 2 is 1.91 bits per heavy atom. The van der Waals surface area contributed by atoms with Crippen LogP contribution in [-0.4, -0.2) is 37.6 Å². The smallest absolute Gasteiger partial charge is 0.404 e. The highest BCUT2D eigenvalue weighted by molar-refractivity contribution is 7.89. The second-order valence-electron chi connectivity index (χ2n) is 5.37. The molecule has 1 aromatic carbocycles. The predicted molar refractivity (Wildman–Crippen MR) is 78.1 cm³/mol. The van der Waals surface area contributed by atoms with Crippen molar-refractivity contribution in [2.45, 2.75) is 18.7 Å². The van der Waals surface area contributed by atoms with Crippen LogP contribution in [0.5, 0.6) is 0 Å². The molecule has 0 heterocycles. The van der Waals surface area contributed by atoms with Crippen molar-refractivity contribution in [2.24, 2.45) is 5.41 Å². The number of hydrogen-bond donors (Lipinski definition) is 3. The minimum Gasteiger partial charge on any atom is -0.465 e. The van der Waals surface area contributed by atoms with E-state index in [1.54, 1.807) is 13.8 Å². The van der Waals surface area contributed by atoms with E-state index >= 15 is 0 Å². The molecule has 0 fully saturated rings. The molecule has 22 heavy (non-hydrogen) atoms. The Labute approximate surface area is 127 Å². The Kier molecular flexibility index (Phi) is 5.44. The largest absolute Gasteiger partial charge is 0.465 e. The highest BCUT2D eigenvalue weighted by Gasteiger charge is 2.28. The Bertz CT molecular complexity index is 671. The van der Waals surface area contributed by atoms with Crippen LogP contribution in [0.25, 0.3) is 0 Å². The number of rotatable bonds is 7. The first-order chi connectivity index (χ1) is 10.1. The second kappa shape index (κ2) is 6.71. The molecule has 0 aromatic heterocycles. The summed E-state index contributed by atoms with van der Waals surface area (Å²) in [6.45, 7) is 3.26. The molecular weight excluding hydrogens is 314 g/mol. The van der Waals surface area contributed by atoms with Gasteiger partial charge < -0.3 is 10.4 Å². The second-order valence-corrected chi connectivity index (χ2v) is 7.11. The van der Waals surface area contributed by atoms with E-state index in [2.05, 4.69) is 10.0 Å². The van der Waals surface area contributed by atoms with Gasteiger partial charge in [0.05, 0.1) is 4.92 Å². The number of benzene rings is 1. The van der Waals surface area contributed by atoms with Crippen LogP contribution in [0.1, 0.15) is 13.8 Å². The molecule has 0 atom stereocenters. The minimum atomic E-state index is -4.07. The van der Waals surface area contributed by atoms with Crippen LogP contribution in [0, 0.1) is 15.5 Å². The Hall–Kier alpha value is -2.20. The highest BCUT2D eigenvalue weighted by Crippen LogP contribution is 2.23. The molecule has 1 aromatic rings. The number of carbonyl (C=O) groups is 1. The molecule has 0 unspecified atom stereocenters. The molecule has 1 rings (SSSR count). The maximum absolute atomic E-state index is 12.2. The lowest BCUT2D eigenvalue weighted by Gasteiger charge is -2.24. The van der Waals surface area contributed by atoms with Crippen LogP contribution in [0.15, 0.2) is 29.2 Å². The average Bonchev–Trinajstić information content (AvgIpc) is 2.43. The lowest BCUT2D eigenvalue weighted by Crippen LogP contribution is -2.41. The molecule has 0 aliphatic rings. The van der Waals surface area contributed by atoms with Crippen LogP contribution in [0.2, 0.25) is 0 Å². The van der Waals surface area contributed by atoms with Gasteiger partial charge in [-0.25, -0.2) is 17.9 Å². The van der Waals surface area contributed by atoms with Gasteiger partial charge >= 0.3 is 6.09 Å². The highest BCUT2D eigenvalue weighted by atomic mass is 32.2. The fraction of sp³-hybridized carbons (Fsp3) is 0.417. The summed E-state index contributed by atoms with van der Waals surface area (Å²) in [6.07, 6.45) is -1.21. The number of carboxylic acid groups (broad SMARTS) is 1. The molecule has 0 radical (unpaired) electrons. The number of nitro benzene ring substituents is 1. The maximum atomic E-state index is 12.2. The molecule has 9 nitrogen and oxygen atoms in total. The van der Waals surface area contributed by atoms with Crippen molar-refractivity contribution in [1.29, 1.82) is 0 Å². The van der Waals surface area contributed by atoms with Crippen molar-refractivity contribution < 1.29 is 23.2 Å². The van der Waals surface area contributed by atoms with Crippen LogP contribution >= 0.6 is 0 Å². The Morgan fingerprint density at radius 3 is 2.45 bits per heavy atom. The quantitative estimate of drug-likeness (QED) is 0.506. The van der Waals surface area contributed by atoms with E-state index in [9.17, 15) is 23.3 Å². The number of sulfonamides is 1. The van der Waals surface area contributed by atoms with Crippen molar-refractivity contribution >= 4 is 21.8 Å². The van der Waals surface area contributed by atoms with Gasteiger partial charge in [-0.15, -0.1) is 0 Å². The fourth-order valence-electron chi connectivity index (χ4n) is 1.58. The lowest BCUT2D eigenvalue weighted by atomic mass is 9.94. The summed E-state index contributed by atoms with van der Waals surface area (Å²) in [5.41, 5.74) is -1.22. The molecule has 0 aliphatic heterocycles. The van der Waals surface area contributed by atoms with E-state index < -0.39 is 37.0 Å². The summed E-state index contributed by atoms with van der Waals surface area (Å²) in [7, 11) is -4.07. The van der Waals surface area contributed by atoms with Crippen molar-refractivity contribution in [3.05, 3.63) is 34.4 Å². The van der Waals surface area contributed by atoms with Gasteiger partial charge in [0, 0.05) is 19.2 Å². The zero-order valence-corrected chi connectivity index (χ0v) is 12.9. The van der Waals surface area contributed by atoms with Gasteiger partial charge in [0.1, 0.15) is 0 Å². The molecule has 0 aliphatic carbocycles. The van der Waals surface area contributed by atoms with E-state index in [1.807, 2.05) is 0 Å². The lowest BCUT2D eigenvalue weighted by molar-refractivity contribution is -0.387.